The first-order valence-electron chi connectivity index (χ1n) is 5.38. The van der Waals surface area contributed by atoms with Crippen LogP contribution < -0.4 is 9.89 Å². The van der Waals surface area contributed by atoms with Crippen LogP contribution in [-0.2, 0) is 0 Å². The van der Waals surface area contributed by atoms with Crippen LogP contribution in [0.5, 0.6) is 5.88 Å². The molecule has 3 aromatic heterocycles. The van der Waals surface area contributed by atoms with Crippen molar-refractivity contribution >= 4 is 38.5 Å². The van der Waals surface area contributed by atoms with Crippen LogP contribution in [0, 0.1) is 0 Å². The summed E-state index contributed by atoms with van der Waals surface area (Å²) in [5.41, 5.74) is 2.26. The Balaban J connectivity index is 2.17. The van der Waals surface area contributed by atoms with Crippen molar-refractivity contribution in [3.8, 4) is 5.88 Å². The zero-order valence-electron chi connectivity index (χ0n) is 9.04. The highest BCUT2D eigenvalue weighted by atomic mass is 32.1. The Labute approximate surface area is 109 Å². The van der Waals surface area contributed by atoms with E-state index in [1.54, 1.807) is 11.3 Å². The molecule has 0 saturated heterocycles. The molecule has 0 radical (unpaired) electrons. The Kier molecular flexibility index (Phi) is 1.97. The number of rotatable bonds is 1. The van der Waals surface area contributed by atoms with E-state index in [9.17, 15) is 10.2 Å². The number of aromatic hydroxyl groups is 1. The van der Waals surface area contributed by atoms with E-state index in [2.05, 4.69) is 9.98 Å². The van der Waals surface area contributed by atoms with Crippen molar-refractivity contribution < 1.29 is 10.2 Å². The van der Waals surface area contributed by atoms with Gasteiger partial charge in [0.05, 0.1) is 25.7 Å². The fourth-order valence-electron chi connectivity index (χ4n) is 2.31. The molecule has 6 heteroatoms. The van der Waals surface area contributed by atoms with E-state index in [4.69, 9.17) is 0 Å². The summed E-state index contributed by atoms with van der Waals surface area (Å²) >= 11 is 3.07. The van der Waals surface area contributed by atoms with Crippen LogP contribution in [0.2, 0.25) is 0 Å². The van der Waals surface area contributed by atoms with Crippen molar-refractivity contribution in [1.82, 2.24) is 4.98 Å². The van der Waals surface area contributed by atoms with E-state index in [0.29, 0.717) is 11.1 Å². The first kappa shape index (κ1) is 10.3. The van der Waals surface area contributed by atoms with Crippen LogP contribution in [0.25, 0.3) is 15.8 Å². The van der Waals surface area contributed by atoms with Gasteiger partial charge in [-0.25, -0.2) is 4.99 Å². The number of hydrogen-bond donors (Lipinski definition) is 3. The fourth-order valence-corrected chi connectivity index (χ4v) is 4.13. The molecule has 0 saturated carbocycles. The number of aliphatic hydroxyl groups is 1. The predicted octanol–water partition coefficient (Wildman–Crippen LogP) is 1.15. The molecule has 1 atom stereocenters. The summed E-state index contributed by atoms with van der Waals surface area (Å²) in [6.07, 6.45) is -0.889. The van der Waals surface area contributed by atoms with Crippen molar-refractivity contribution in [2.45, 2.75) is 6.23 Å². The number of nitrogens with one attached hydrogen (secondary N) is 1. The first-order valence-corrected chi connectivity index (χ1v) is 7.14. The van der Waals surface area contributed by atoms with Gasteiger partial charge in [-0.3, -0.25) is 0 Å². The number of hydrogen-bond acceptors (Lipinski definition) is 5. The fraction of sp³-hybridized carbons (Fsp3) is 0.0833. The topological polar surface area (TPSA) is 68.6 Å². The molecule has 0 bridgehead atoms. The van der Waals surface area contributed by atoms with Crippen LogP contribution in [0.3, 0.4) is 0 Å². The number of aliphatic hydroxyl groups excluding tert-OH is 1. The second kappa shape index (κ2) is 3.44. The lowest BCUT2D eigenvalue weighted by molar-refractivity contribution is 0.242. The van der Waals surface area contributed by atoms with Crippen LogP contribution >= 0.6 is 22.7 Å². The maximum atomic E-state index is 10.1. The highest BCUT2D eigenvalue weighted by molar-refractivity contribution is 7.17. The number of aromatic nitrogens is 1. The molecule has 0 spiro atoms. The molecule has 4 rings (SSSR count). The number of nitrogens with zero attached hydrogens (tertiary/aromatic N) is 1. The van der Waals surface area contributed by atoms with Gasteiger partial charge in [-0.1, -0.05) is 0 Å². The molecular formula is C12H8N2O2S2. The van der Waals surface area contributed by atoms with Crippen molar-refractivity contribution in [3.63, 3.8) is 0 Å². The third kappa shape index (κ3) is 1.19. The highest BCUT2D eigenvalue weighted by Gasteiger charge is 2.26. The third-order valence-corrected chi connectivity index (χ3v) is 4.93. The molecule has 0 aliphatic carbocycles. The van der Waals surface area contributed by atoms with E-state index in [0.717, 1.165) is 20.1 Å². The molecule has 3 N–H and O–H groups in total. The van der Waals surface area contributed by atoms with Crippen LogP contribution in [0.15, 0.2) is 27.9 Å². The molecule has 18 heavy (non-hydrogen) atoms. The van der Waals surface area contributed by atoms with Gasteiger partial charge in [0.25, 0.3) is 0 Å². The maximum Gasteiger partial charge on any atom is 0.198 e. The van der Waals surface area contributed by atoms with Gasteiger partial charge in [-0.05, 0) is 22.9 Å². The normalized spacial score (nSPS) is 18.3. The molecule has 1 aliphatic rings. The van der Waals surface area contributed by atoms with Crippen LogP contribution in [0.4, 0.5) is 0 Å². The SMILES string of the molecule is Oc1[nH]c2ccsc2c1C1=c2sccc2=NC1O. The standard InChI is InChI=1S/C12H8N2O2S2/c15-11-7(9-5(13-11)1-3-17-9)8-10-6(2-4-18-10)14-12(8)16/h1-4,11,14-16H. The van der Waals surface area contributed by atoms with Crippen molar-refractivity contribution in [3.05, 3.63) is 38.3 Å². The quantitative estimate of drug-likeness (QED) is 0.624. The largest absolute Gasteiger partial charge is 0.494 e. The molecule has 1 unspecified atom stereocenters. The van der Waals surface area contributed by atoms with Gasteiger partial charge in [0.2, 0.25) is 0 Å². The Hall–Kier alpha value is -1.63. The molecule has 1 aliphatic heterocycles. The van der Waals surface area contributed by atoms with Crippen LogP contribution in [-0.4, -0.2) is 21.4 Å². The van der Waals surface area contributed by atoms with Gasteiger partial charge in [0.15, 0.2) is 12.1 Å². The van der Waals surface area contributed by atoms with Crippen LogP contribution in [0.1, 0.15) is 5.56 Å². The first-order chi connectivity index (χ1) is 8.75. The van der Waals surface area contributed by atoms with E-state index in [1.165, 1.54) is 11.3 Å². The van der Waals surface area contributed by atoms with E-state index in [1.807, 2.05) is 22.9 Å². The zero-order chi connectivity index (χ0) is 12.3. The summed E-state index contributed by atoms with van der Waals surface area (Å²) in [5.74, 6) is 0.0994. The molecule has 3 aromatic rings. The number of aromatic amines is 1. The van der Waals surface area contributed by atoms with E-state index >= 15 is 0 Å². The van der Waals surface area contributed by atoms with Gasteiger partial charge in [-0.15, -0.1) is 22.7 Å². The maximum absolute atomic E-state index is 10.1. The van der Waals surface area contributed by atoms with E-state index in [-0.39, 0.29) is 5.88 Å². The summed E-state index contributed by atoms with van der Waals surface area (Å²) in [4.78, 5) is 7.11. The summed E-state index contributed by atoms with van der Waals surface area (Å²) in [5, 5.41) is 24.8. The Bertz CT molecular complexity index is 872. The lowest BCUT2D eigenvalue weighted by atomic mass is 10.1. The second-order valence-corrected chi connectivity index (χ2v) is 5.90. The zero-order valence-corrected chi connectivity index (χ0v) is 10.7. The lowest BCUT2D eigenvalue weighted by Crippen LogP contribution is -2.16. The number of H-pyrrole nitrogens is 1. The van der Waals surface area contributed by atoms with Gasteiger partial charge in [-0.2, -0.15) is 0 Å². The summed E-state index contributed by atoms with van der Waals surface area (Å²) < 4.78 is 1.89. The molecule has 0 fully saturated rings. The van der Waals surface area contributed by atoms with Crippen molar-refractivity contribution in [1.29, 1.82) is 0 Å². The monoisotopic (exact) mass is 276 g/mol. The molecule has 90 valence electrons. The van der Waals surface area contributed by atoms with Gasteiger partial charge >= 0.3 is 0 Å². The molecule has 4 heterocycles. The molecule has 0 amide bonds. The average molecular weight is 276 g/mol. The van der Waals surface area contributed by atoms with Gasteiger partial charge < -0.3 is 15.2 Å². The summed E-state index contributed by atoms with van der Waals surface area (Å²) in [6.45, 7) is 0. The average Bonchev–Trinajstić information content (AvgIpc) is 3.01. The van der Waals surface area contributed by atoms with Crippen molar-refractivity contribution in [2.24, 2.45) is 4.99 Å². The number of thiophene rings is 2. The van der Waals surface area contributed by atoms with Gasteiger partial charge in [0.1, 0.15) is 0 Å². The lowest BCUT2D eigenvalue weighted by Gasteiger charge is -2.05. The minimum absolute atomic E-state index is 0.0994. The third-order valence-electron chi connectivity index (χ3n) is 3.06. The minimum Gasteiger partial charge on any atom is -0.494 e. The van der Waals surface area contributed by atoms with Gasteiger partial charge in [0, 0.05) is 5.57 Å². The Morgan fingerprint density at radius 1 is 1.22 bits per heavy atom. The number of fused-ring (bicyclic) bond motifs is 2. The van der Waals surface area contributed by atoms with E-state index < -0.39 is 6.23 Å². The summed E-state index contributed by atoms with van der Waals surface area (Å²) in [6, 6.07) is 3.79. The highest BCUT2D eigenvalue weighted by Crippen LogP contribution is 2.37. The Morgan fingerprint density at radius 2 is 2.06 bits per heavy atom. The second-order valence-electron chi connectivity index (χ2n) is 4.06. The van der Waals surface area contributed by atoms with Crippen molar-refractivity contribution in [2.75, 3.05) is 0 Å². The predicted molar refractivity (Wildman–Crippen MR) is 71.5 cm³/mol. The summed E-state index contributed by atoms with van der Waals surface area (Å²) in [7, 11) is 0. The molecule has 4 nitrogen and oxygen atoms in total. The molecule has 0 aromatic carbocycles. The Morgan fingerprint density at radius 3 is 2.94 bits per heavy atom. The molecular weight excluding hydrogens is 268 g/mol. The minimum atomic E-state index is -0.889. The smallest absolute Gasteiger partial charge is 0.198 e.